The molecule has 0 amide bonds. The molecule has 0 saturated heterocycles. The topological polar surface area (TPSA) is 36.7 Å². The van der Waals surface area contributed by atoms with Gasteiger partial charge in [0.25, 0.3) is 0 Å². The van der Waals surface area contributed by atoms with Crippen LogP contribution in [0, 0.1) is 23.0 Å². The van der Waals surface area contributed by atoms with Crippen molar-refractivity contribution in [2.45, 2.75) is 0 Å². The summed E-state index contributed by atoms with van der Waals surface area (Å²) in [5.74, 6) is -1.62. The molecule has 0 saturated carbocycles. The van der Waals surface area contributed by atoms with E-state index in [0.717, 1.165) is 12.1 Å². The van der Waals surface area contributed by atoms with Crippen LogP contribution in [0.4, 0.5) is 8.78 Å². The van der Waals surface area contributed by atoms with E-state index in [9.17, 15) is 8.78 Å². The van der Waals surface area contributed by atoms with E-state index in [1.165, 1.54) is 12.4 Å². The highest BCUT2D eigenvalue weighted by molar-refractivity contribution is 6.53. The Labute approximate surface area is 123 Å². The number of rotatable bonds is 2. The van der Waals surface area contributed by atoms with Crippen molar-refractivity contribution in [3.05, 3.63) is 64.4 Å². The maximum atomic E-state index is 13.8. The second kappa shape index (κ2) is 6.00. The summed E-state index contributed by atoms with van der Waals surface area (Å²) in [6.07, 6.45) is 2.93. The first-order valence-electron chi connectivity index (χ1n) is 5.39. The van der Waals surface area contributed by atoms with Crippen molar-refractivity contribution in [3.8, 4) is 6.07 Å². The van der Waals surface area contributed by atoms with Crippen LogP contribution >= 0.6 is 23.2 Å². The maximum absolute atomic E-state index is 13.8. The molecule has 0 aliphatic heterocycles. The molecule has 2 aromatic rings. The molecule has 0 spiro atoms. The van der Waals surface area contributed by atoms with Crippen LogP contribution in [-0.4, -0.2) is 4.98 Å². The molecular weight excluding hydrogens is 305 g/mol. The van der Waals surface area contributed by atoms with Gasteiger partial charge >= 0.3 is 0 Å². The third-order valence-electron chi connectivity index (χ3n) is 2.53. The fourth-order valence-electron chi connectivity index (χ4n) is 1.58. The van der Waals surface area contributed by atoms with E-state index in [-0.39, 0.29) is 21.2 Å². The van der Waals surface area contributed by atoms with Gasteiger partial charge in [0, 0.05) is 23.5 Å². The molecule has 0 aliphatic rings. The van der Waals surface area contributed by atoms with Gasteiger partial charge in [0.05, 0.1) is 15.6 Å². The van der Waals surface area contributed by atoms with E-state index in [4.69, 9.17) is 28.5 Å². The van der Waals surface area contributed by atoms with Crippen molar-refractivity contribution in [2.24, 2.45) is 0 Å². The normalized spacial score (nSPS) is 11.8. The standard InChI is InChI=1S/C14H6Cl2F2N2/c15-11-5-12(17)9(4-13(11)18)14(16)10(6-19)8-2-1-3-20-7-8/h1-5,7H/b14-10+. The van der Waals surface area contributed by atoms with Gasteiger partial charge in [-0.3, -0.25) is 4.98 Å². The largest absolute Gasteiger partial charge is 0.264 e. The minimum atomic E-state index is -0.815. The predicted molar refractivity (Wildman–Crippen MR) is 73.9 cm³/mol. The molecular formula is C14H6Cl2F2N2. The molecule has 1 aromatic heterocycles. The highest BCUT2D eigenvalue weighted by Crippen LogP contribution is 2.32. The van der Waals surface area contributed by atoms with Crippen molar-refractivity contribution >= 4 is 33.8 Å². The lowest BCUT2D eigenvalue weighted by Gasteiger charge is -2.06. The Balaban J connectivity index is 2.64. The molecule has 0 unspecified atom stereocenters. The number of allylic oxidation sites excluding steroid dienone is 1. The van der Waals surface area contributed by atoms with Gasteiger partial charge < -0.3 is 0 Å². The Morgan fingerprint density at radius 3 is 2.60 bits per heavy atom. The molecule has 0 bridgehead atoms. The van der Waals surface area contributed by atoms with Gasteiger partial charge in [-0.05, 0) is 18.2 Å². The van der Waals surface area contributed by atoms with Gasteiger partial charge in [-0.2, -0.15) is 5.26 Å². The van der Waals surface area contributed by atoms with Gasteiger partial charge in [-0.25, -0.2) is 8.78 Å². The zero-order valence-electron chi connectivity index (χ0n) is 9.87. The molecule has 6 heteroatoms. The predicted octanol–water partition coefficient (Wildman–Crippen LogP) is 4.64. The number of hydrogen-bond donors (Lipinski definition) is 0. The Morgan fingerprint density at radius 1 is 1.25 bits per heavy atom. The Bertz CT molecular complexity index is 722. The van der Waals surface area contributed by atoms with E-state index in [2.05, 4.69) is 4.98 Å². The van der Waals surface area contributed by atoms with Gasteiger partial charge in [-0.1, -0.05) is 29.3 Å². The third kappa shape index (κ3) is 2.79. The van der Waals surface area contributed by atoms with Crippen LogP contribution in [0.2, 0.25) is 5.02 Å². The van der Waals surface area contributed by atoms with Gasteiger partial charge in [0.2, 0.25) is 0 Å². The molecule has 1 heterocycles. The quantitative estimate of drug-likeness (QED) is 0.598. The van der Waals surface area contributed by atoms with Gasteiger partial charge in [0.1, 0.15) is 17.7 Å². The lowest BCUT2D eigenvalue weighted by Crippen LogP contribution is -1.93. The summed E-state index contributed by atoms with van der Waals surface area (Å²) in [6, 6.07) is 6.73. The minimum Gasteiger partial charge on any atom is -0.264 e. The summed E-state index contributed by atoms with van der Waals surface area (Å²) in [5, 5.41) is 8.61. The van der Waals surface area contributed by atoms with Crippen LogP contribution in [0.1, 0.15) is 11.1 Å². The number of nitrogens with zero attached hydrogens (tertiary/aromatic N) is 2. The second-order valence-corrected chi connectivity index (χ2v) is 4.57. The Morgan fingerprint density at radius 2 is 2.00 bits per heavy atom. The zero-order valence-corrected chi connectivity index (χ0v) is 11.4. The summed E-state index contributed by atoms with van der Waals surface area (Å²) in [7, 11) is 0. The fourth-order valence-corrected chi connectivity index (χ4v) is 2.02. The first kappa shape index (κ1) is 14.4. The number of nitriles is 1. The number of benzene rings is 1. The summed E-state index contributed by atoms with van der Waals surface area (Å²) in [5.41, 5.74) is 0.184. The second-order valence-electron chi connectivity index (χ2n) is 3.79. The molecule has 0 fully saturated rings. The summed E-state index contributed by atoms with van der Waals surface area (Å²) >= 11 is 11.5. The smallest absolute Gasteiger partial charge is 0.142 e. The average molecular weight is 311 g/mol. The van der Waals surface area contributed by atoms with Crippen molar-refractivity contribution in [2.75, 3.05) is 0 Å². The van der Waals surface area contributed by atoms with E-state index in [1.807, 2.05) is 6.07 Å². The van der Waals surface area contributed by atoms with Crippen molar-refractivity contribution in [1.29, 1.82) is 5.26 Å². The first-order valence-corrected chi connectivity index (χ1v) is 6.15. The van der Waals surface area contributed by atoms with Crippen molar-refractivity contribution in [3.63, 3.8) is 0 Å². The van der Waals surface area contributed by atoms with E-state index >= 15 is 0 Å². The monoisotopic (exact) mass is 310 g/mol. The highest BCUT2D eigenvalue weighted by Gasteiger charge is 2.16. The van der Waals surface area contributed by atoms with Gasteiger partial charge in [-0.15, -0.1) is 0 Å². The van der Waals surface area contributed by atoms with E-state index in [1.54, 1.807) is 12.1 Å². The number of halogens is 4. The highest BCUT2D eigenvalue weighted by atomic mass is 35.5. The first-order chi connectivity index (χ1) is 9.54. The van der Waals surface area contributed by atoms with Crippen molar-refractivity contribution < 1.29 is 8.78 Å². The molecule has 0 N–H and O–H groups in total. The molecule has 0 radical (unpaired) electrons. The third-order valence-corrected chi connectivity index (χ3v) is 3.21. The summed E-state index contributed by atoms with van der Waals surface area (Å²) < 4.78 is 27.2. The Kier molecular flexibility index (Phi) is 4.33. The van der Waals surface area contributed by atoms with Crippen LogP contribution in [0.15, 0.2) is 36.7 Å². The van der Waals surface area contributed by atoms with Crippen LogP contribution in [0.25, 0.3) is 10.6 Å². The van der Waals surface area contributed by atoms with E-state index < -0.39 is 11.6 Å². The van der Waals surface area contributed by atoms with Crippen LogP contribution in [0.3, 0.4) is 0 Å². The number of hydrogen-bond acceptors (Lipinski definition) is 2. The molecule has 20 heavy (non-hydrogen) atoms. The van der Waals surface area contributed by atoms with Crippen LogP contribution < -0.4 is 0 Å². The van der Waals surface area contributed by atoms with Crippen LogP contribution in [0.5, 0.6) is 0 Å². The number of pyridine rings is 1. The summed E-state index contributed by atoms with van der Waals surface area (Å²) in [4.78, 5) is 3.85. The molecule has 0 aliphatic carbocycles. The SMILES string of the molecule is N#C/C(=C(\Cl)c1cc(F)c(Cl)cc1F)c1cccnc1. The fraction of sp³-hybridized carbons (Fsp3) is 0. The van der Waals surface area contributed by atoms with Gasteiger partial charge in [0.15, 0.2) is 0 Å². The molecule has 2 nitrogen and oxygen atoms in total. The lowest BCUT2D eigenvalue weighted by atomic mass is 10.0. The zero-order chi connectivity index (χ0) is 14.7. The molecule has 0 atom stereocenters. The average Bonchev–Trinajstić information content (AvgIpc) is 2.44. The number of aromatic nitrogens is 1. The summed E-state index contributed by atoms with van der Waals surface area (Å²) in [6.45, 7) is 0. The lowest BCUT2D eigenvalue weighted by molar-refractivity contribution is 0.598. The van der Waals surface area contributed by atoms with Crippen molar-refractivity contribution in [1.82, 2.24) is 4.98 Å². The maximum Gasteiger partial charge on any atom is 0.142 e. The van der Waals surface area contributed by atoms with Crippen LogP contribution in [-0.2, 0) is 0 Å². The molecule has 2 rings (SSSR count). The Hall–Kier alpha value is -1.96. The molecule has 1 aromatic carbocycles. The minimum absolute atomic E-state index is 0.000360. The molecule has 100 valence electrons. The van der Waals surface area contributed by atoms with E-state index in [0.29, 0.717) is 5.56 Å².